The van der Waals surface area contributed by atoms with E-state index in [1.807, 2.05) is 12.1 Å². The van der Waals surface area contributed by atoms with Crippen LogP contribution in [-0.2, 0) is 11.2 Å². The van der Waals surface area contributed by atoms with Crippen LogP contribution in [0.15, 0.2) is 66.9 Å². The highest BCUT2D eigenvalue weighted by Crippen LogP contribution is 2.19. The molecule has 0 saturated heterocycles. The normalized spacial score (nSPS) is 10.3. The number of carbonyl (C=O) groups is 2. The first-order chi connectivity index (χ1) is 14.0. The Hall–Kier alpha value is -3.74. The third-order valence-electron chi connectivity index (χ3n) is 4.08. The van der Waals surface area contributed by atoms with Crippen LogP contribution < -0.4 is 16.0 Å². The molecule has 3 aromatic rings. The second-order valence-corrected chi connectivity index (χ2v) is 6.45. The minimum absolute atomic E-state index is 0.140. The van der Waals surface area contributed by atoms with Crippen molar-refractivity contribution < 1.29 is 14.0 Å². The van der Waals surface area contributed by atoms with Crippen molar-refractivity contribution in [1.29, 1.82) is 0 Å². The first kappa shape index (κ1) is 20.0. The number of aromatic nitrogens is 1. The second kappa shape index (κ2) is 9.45. The van der Waals surface area contributed by atoms with Gasteiger partial charge in [0.2, 0.25) is 5.91 Å². The molecule has 0 radical (unpaired) electrons. The molecule has 0 fully saturated rings. The highest BCUT2D eigenvalue weighted by molar-refractivity contribution is 5.92. The van der Waals surface area contributed by atoms with E-state index in [9.17, 15) is 14.0 Å². The zero-order valence-electron chi connectivity index (χ0n) is 15.9. The molecule has 0 aliphatic carbocycles. The van der Waals surface area contributed by atoms with Gasteiger partial charge in [-0.3, -0.25) is 9.59 Å². The molecular formula is C22H21FN4O2. The summed E-state index contributed by atoms with van der Waals surface area (Å²) in [5.74, 6) is -0.692. The molecule has 0 saturated carbocycles. The van der Waals surface area contributed by atoms with Crippen LogP contribution in [-0.4, -0.2) is 23.3 Å². The Morgan fingerprint density at radius 1 is 0.966 bits per heavy atom. The van der Waals surface area contributed by atoms with Crippen molar-refractivity contribution in [3.63, 3.8) is 0 Å². The lowest BCUT2D eigenvalue weighted by Crippen LogP contribution is -2.26. The number of nitrogens with zero attached hydrogens (tertiary/aromatic N) is 1. The lowest BCUT2D eigenvalue weighted by Gasteiger charge is -2.09. The van der Waals surface area contributed by atoms with Gasteiger partial charge in [0.1, 0.15) is 11.5 Å². The Morgan fingerprint density at radius 3 is 2.41 bits per heavy atom. The number of carbonyl (C=O) groups excluding carboxylic acids is 2. The van der Waals surface area contributed by atoms with E-state index < -0.39 is 0 Å². The van der Waals surface area contributed by atoms with Crippen LogP contribution in [0.5, 0.6) is 0 Å². The first-order valence-corrected chi connectivity index (χ1v) is 9.13. The highest BCUT2D eigenvalue weighted by atomic mass is 19.1. The van der Waals surface area contributed by atoms with Gasteiger partial charge in [-0.05, 0) is 54.4 Å². The standard InChI is InChI=1S/C22H21FN4O2/c1-15(28)26-18-3-2-4-19(13-18)27-20-9-10-21(25-14-20)22(29)24-12-11-16-5-7-17(23)8-6-16/h2-10,13-14,27H,11-12H2,1H3,(H,24,29)(H,26,28). The Balaban J connectivity index is 1.53. The third-order valence-corrected chi connectivity index (χ3v) is 4.08. The maximum absolute atomic E-state index is 12.9. The predicted octanol–water partition coefficient (Wildman–Crippen LogP) is 3.90. The Kier molecular flexibility index (Phi) is 6.52. The van der Waals surface area contributed by atoms with Crippen molar-refractivity contribution >= 4 is 28.9 Å². The number of pyridine rings is 1. The van der Waals surface area contributed by atoms with Gasteiger partial charge in [0.25, 0.3) is 5.91 Å². The van der Waals surface area contributed by atoms with Crippen LogP contribution in [0.4, 0.5) is 21.5 Å². The van der Waals surface area contributed by atoms with Gasteiger partial charge in [-0.2, -0.15) is 0 Å². The van der Waals surface area contributed by atoms with Crippen LogP contribution in [0.1, 0.15) is 23.0 Å². The molecule has 0 atom stereocenters. The summed E-state index contributed by atoms with van der Waals surface area (Å²) in [5, 5.41) is 8.70. The molecule has 7 heteroatoms. The van der Waals surface area contributed by atoms with Crippen LogP contribution >= 0.6 is 0 Å². The third kappa shape index (κ3) is 6.14. The molecule has 0 unspecified atom stereocenters. The minimum Gasteiger partial charge on any atom is -0.354 e. The fourth-order valence-corrected chi connectivity index (χ4v) is 2.71. The maximum atomic E-state index is 12.9. The molecule has 1 heterocycles. The van der Waals surface area contributed by atoms with E-state index in [2.05, 4.69) is 20.9 Å². The van der Waals surface area contributed by atoms with Crippen molar-refractivity contribution in [3.05, 3.63) is 83.9 Å². The summed E-state index contributed by atoms with van der Waals surface area (Å²) in [7, 11) is 0. The molecule has 0 bridgehead atoms. The Labute approximate surface area is 168 Å². The number of amides is 2. The number of nitrogens with one attached hydrogen (secondary N) is 3. The molecule has 3 rings (SSSR count). The van der Waals surface area contributed by atoms with Gasteiger partial charge in [0.05, 0.1) is 11.9 Å². The smallest absolute Gasteiger partial charge is 0.269 e. The van der Waals surface area contributed by atoms with Crippen molar-refractivity contribution in [3.8, 4) is 0 Å². The van der Waals surface area contributed by atoms with Crippen molar-refractivity contribution in [1.82, 2.24) is 10.3 Å². The number of rotatable bonds is 7. The Bertz CT molecular complexity index is 988. The fraction of sp³-hybridized carbons (Fsp3) is 0.136. The van der Waals surface area contributed by atoms with E-state index >= 15 is 0 Å². The fourth-order valence-electron chi connectivity index (χ4n) is 2.71. The van der Waals surface area contributed by atoms with Gasteiger partial charge in [-0.15, -0.1) is 0 Å². The molecule has 148 valence electrons. The van der Waals surface area contributed by atoms with Gasteiger partial charge >= 0.3 is 0 Å². The topological polar surface area (TPSA) is 83.1 Å². The molecule has 0 aliphatic heterocycles. The largest absolute Gasteiger partial charge is 0.354 e. The van der Waals surface area contributed by atoms with Crippen LogP contribution in [0.3, 0.4) is 0 Å². The molecule has 29 heavy (non-hydrogen) atoms. The summed E-state index contributed by atoms with van der Waals surface area (Å²) < 4.78 is 12.9. The summed E-state index contributed by atoms with van der Waals surface area (Å²) in [6.45, 7) is 1.88. The van der Waals surface area contributed by atoms with Gasteiger partial charge in [-0.1, -0.05) is 18.2 Å². The van der Waals surface area contributed by atoms with Gasteiger partial charge in [-0.25, -0.2) is 9.37 Å². The second-order valence-electron chi connectivity index (χ2n) is 6.45. The number of anilines is 3. The summed E-state index contributed by atoms with van der Waals surface area (Å²) in [5.41, 5.74) is 3.44. The number of benzene rings is 2. The summed E-state index contributed by atoms with van der Waals surface area (Å²) in [6.07, 6.45) is 2.18. The molecule has 2 amide bonds. The monoisotopic (exact) mass is 392 g/mol. The Morgan fingerprint density at radius 2 is 1.72 bits per heavy atom. The van der Waals surface area contributed by atoms with E-state index in [0.717, 1.165) is 11.3 Å². The molecule has 6 nitrogen and oxygen atoms in total. The molecule has 0 aliphatic rings. The van der Waals surface area contributed by atoms with E-state index in [-0.39, 0.29) is 17.6 Å². The predicted molar refractivity (Wildman–Crippen MR) is 111 cm³/mol. The zero-order valence-corrected chi connectivity index (χ0v) is 15.9. The number of halogens is 1. The van der Waals surface area contributed by atoms with E-state index in [1.54, 1.807) is 42.6 Å². The zero-order chi connectivity index (χ0) is 20.6. The van der Waals surface area contributed by atoms with Crippen molar-refractivity contribution in [2.45, 2.75) is 13.3 Å². The highest BCUT2D eigenvalue weighted by Gasteiger charge is 2.07. The molecule has 1 aromatic heterocycles. The van der Waals surface area contributed by atoms with Crippen LogP contribution in [0.2, 0.25) is 0 Å². The average molecular weight is 392 g/mol. The lowest BCUT2D eigenvalue weighted by molar-refractivity contribution is -0.114. The van der Waals surface area contributed by atoms with E-state index in [4.69, 9.17) is 0 Å². The molecule has 3 N–H and O–H groups in total. The van der Waals surface area contributed by atoms with E-state index in [0.29, 0.717) is 30.0 Å². The van der Waals surface area contributed by atoms with Crippen molar-refractivity contribution in [2.24, 2.45) is 0 Å². The summed E-state index contributed by atoms with van der Waals surface area (Å²) in [4.78, 5) is 27.6. The number of hydrogen-bond donors (Lipinski definition) is 3. The number of hydrogen-bond acceptors (Lipinski definition) is 4. The lowest BCUT2D eigenvalue weighted by atomic mass is 10.1. The minimum atomic E-state index is -0.280. The van der Waals surface area contributed by atoms with Crippen LogP contribution in [0.25, 0.3) is 0 Å². The SMILES string of the molecule is CC(=O)Nc1cccc(Nc2ccc(C(=O)NCCc3ccc(F)cc3)nc2)c1. The molecule has 0 spiro atoms. The maximum Gasteiger partial charge on any atom is 0.269 e. The summed E-state index contributed by atoms with van der Waals surface area (Å²) >= 11 is 0. The quantitative estimate of drug-likeness (QED) is 0.570. The summed E-state index contributed by atoms with van der Waals surface area (Å²) in [6, 6.07) is 16.9. The van der Waals surface area contributed by atoms with Crippen LogP contribution in [0, 0.1) is 5.82 Å². The van der Waals surface area contributed by atoms with Gasteiger partial charge in [0.15, 0.2) is 0 Å². The first-order valence-electron chi connectivity index (χ1n) is 9.13. The molecular weight excluding hydrogens is 371 g/mol. The van der Waals surface area contributed by atoms with E-state index in [1.165, 1.54) is 19.1 Å². The molecule has 2 aromatic carbocycles. The van der Waals surface area contributed by atoms with Gasteiger partial charge < -0.3 is 16.0 Å². The van der Waals surface area contributed by atoms with Gasteiger partial charge in [0, 0.05) is 24.8 Å². The van der Waals surface area contributed by atoms with Crippen molar-refractivity contribution in [2.75, 3.05) is 17.2 Å². The average Bonchev–Trinajstić information content (AvgIpc) is 2.70.